The first kappa shape index (κ1) is 26.9. The Bertz CT molecular complexity index is 1780. The van der Waals surface area contributed by atoms with Gasteiger partial charge < -0.3 is 14.6 Å². The van der Waals surface area contributed by atoms with Crippen LogP contribution in [0.2, 0.25) is 5.02 Å². The van der Waals surface area contributed by atoms with Gasteiger partial charge in [-0.15, -0.1) is 5.10 Å². The van der Waals surface area contributed by atoms with Gasteiger partial charge in [0.05, 0.1) is 5.57 Å². The highest BCUT2D eigenvalue weighted by molar-refractivity contribution is 7.98. The minimum absolute atomic E-state index is 0.112. The smallest absolute Gasteiger partial charge is 0.338 e. The molecule has 7 nitrogen and oxygen atoms in total. The Balaban J connectivity index is 1.44. The molecule has 1 atom stereocenters. The van der Waals surface area contributed by atoms with Crippen molar-refractivity contribution >= 4 is 46.2 Å². The fourth-order valence-corrected chi connectivity index (χ4v) is 6.23. The zero-order chi connectivity index (χ0) is 28.3. The van der Waals surface area contributed by atoms with Crippen LogP contribution in [-0.2, 0) is 21.8 Å². The third kappa shape index (κ3) is 5.40. The van der Waals surface area contributed by atoms with E-state index in [0.717, 1.165) is 22.0 Å². The van der Waals surface area contributed by atoms with Gasteiger partial charge in [-0.25, -0.2) is 9.48 Å². The third-order valence-corrected chi connectivity index (χ3v) is 8.26. The zero-order valence-corrected chi connectivity index (χ0v) is 24.0. The molecule has 2 aromatic heterocycles. The van der Waals surface area contributed by atoms with E-state index in [1.807, 2.05) is 61.5 Å². The fourth-order valence-electron chi connectivity index (χ4n) is 5.12. The molecular formula is C32H28ClN5O2S. The summed E-state index contributed by atoms with van der Waals surface area (Å²) in [5, 5.41) is 10.5. The molecule has 0 radical (unpaired) electrons. The summed E-state index contributed by atoms with van der Waals surface area (Å²) < 4.78 is 9.57. The van der Waals surface area contributed by atoms with Gasteiger partial charge in [0.25, 0.3) is 0 Å². The molecule has 206 valence electrons. The number of thioether (sulfide) groups is 1. The van der Waals surface area contributed by atoms with Crippen molar-refractivity contribution in [2.45, 2.75) is 30.4 Å². The van der Waals surface area contributed by atoms with Crippen molar-refractivity contribution in [1.82, 2.24) is 19.3 Å². The van der Waals surface area contributed by atoms with Gasteiger partial charge >= 0.3 is 5.97 Å². The summed E-state index contributed by atoms with van der Waals surface area (Å²) in [7, 11) is 0. The Morgan fingerprint density at radius 2 is 1.85 bits per heavy atom. The second-order valence-corrected chi connectivity index (χ2v) is 11.1. The van der Waals surface area contributed by atoms with E-state index in [2.05, 4.69) is 46.9 Å². The summed E-state index contributed by atoms with van der Waals surface area (Å²) in [6.07, 6.45) is 3.68. The molecule has 0 saturated heterocycles. The average molecular weight is 582 g/mol. The van der Waals surface area contributed by atoms with Gasteiger partial charge in [0.15, 0.2) is 0 Å². The van der Waals surface area contributed by atoms with E-state index in [1.165, 1.54) is 17.3 Å². The lowest BCUT2D eigenvalue weighted by Crippen LogP contribution is -2.29. The number of anilines is 1. The molecule has 1 N–H and O–H groups in total. The summed E-state index contributed by atoms with van der Waals surface area (Å²) in [5.41, 5.74) is 5.35. The number of ether oxygens (including phenoxy) is 1. The standard InChI is InChI=1S/C32H28ClN5O2S/c1-3-17-40-30(39)28-21(2)34-31-35-32(41-20-23-13-7-9-15-26(23)33)36-38(31)29(28)25-19-37(18-22-11-5-4-6-12-22)27-16-10-8-14-24(25)27/h3-16,19,29H,1,17-18,20H2,2H3,(H,34,35,36). The largest absolute Gasteiger partial charge is 0.458 e. The molecule has 6 rings (SSSR count). The molecule has 0 spiro atoms. The van der Waals surface area contributed by atoms with Gasteiger partial charge in [0, 0.05) is 45.7 Å². The molecule has 41 heavy (non-hydrogen) atoms. The normalized spacial score (nSPS) is 14.5. The van der Waals surface area contributed by atoms with E-state index in [-0.39, 0.29) is 6.61 Å². The number of hydrogen-bond donors (Lipinski definition) is 1. The topological polar surface area (TPSA) is 74.0 Å². The zero-order valence-electron chi connectivity index (χ0n) is 22.5. The summed E-state index contributed by atoms with van der Waals surface area (Å²) in [4.78, 5) is 18.3. The van der Waals surface area contributed by atoms with Gasteiger partial charge in [-0.1, -0.05) is 103 Å². The number of para-hydroxylation sites is 1. The molecule has 0 fully saturated rings. The molecule has 0 saturated carbocycles. The van der Waals surface area contributed by atoms with Gasteiger partial charge in [-0.2, -0.15) is 4.98 Å². The Hall–Kier alpha value is -4.27. The Labute approximate surface area is 247 Å². The van der Waals surface area contributed by atoms with Crippen LogP contribution in [-0.4, -0.2) is 31.9 Å². The third-order valence-electron chi connectivity index (χ3n) is 7.01. The van der Waals surface area contributed by atoms with Crippen LogP contribution in [0.25, 0.3) is 10.9 Å². The minimum Gasteiger partial charge on any atom is -0.458 e. The van der Waals surface area contributed by atoms with E-state index in [0.29, 0.717) is 39.7 Å². The number of aromatic nitrogens is 4. The van der Waals surface area contributed by atoms with Gasteiger partial charge in [0.1, 0.15) is 12.6 Å². The van der Waals surface area contributed by atoms with Crippen molar-refractivity contribution in [3.8, 4) is 0 Å². The lowest BCUT2D eigenvalue weighted by atomic mass is 9.95. The second-order valence-electron chi connectivity index (χ2n) is 9.71. The summed E-state index contributed by atoms with van der Waals surface area (Å²) in [5.74, 6) is 0.755. The predicted octanol–water partition coefficient (Wildman–Crippen LogP) is 7.24. The lowest BCUT2D eigenvalue weighted by Gasteiger charge is -2.27. The number of carbonyl (C=O) groups excluding carboxylic acids is 1. The molecule has 1 aliphatic rings. The van der Waals surface area contributed by atoms with Crippen LogP contribution in [0, 0.1) is 0 Å². The molecular weight excluding hydrogens is 554 g/mol. The summed E-state index contributed by atoms with van der Waals surface area (Å²) >= 11 is 7.88. The van der Waals surface area contributed by atoms with Crippen molar-refractivity contribution < 1.29 is 9.53 Å². The van der Waals surface area contributed by atoms with E-state index < -0.39 is 12.0 Å². The Morgan fingerprint density at radius 3 is 2.66 bits per heavy atom. The first-order valence-corrected chi connectivity index (χ1v) is 14.6. The summed E-state index contributed by atoms with van der Waals surface area (Å²) in [6, 6.07) is 25.7. The van der Waals surface area contributed by atoms with Gasteiger partial charge in [-0.05, 0) is 30.2 Å². The van der Waals surface area contributed by atoms with Gasteiger partial charge in [-0.3, -0.25) is 0 Å². The molecule has 1 unspecified atom stereocenters. The molecule has 0 aliphatic carbocycles. The maximum Gasteiger partial charge on any atom is 0.338 e. The highest BCUT2D eigenvalue weighted by Crippen LogP contribution is 2.40. The first-order chi connectivity index (χ1) is 20.0. The highest BCUT2D eigenvalue weighted by Gasteiger charge is 2.37. The van der Waals surface area contributed by atoms with Crippen molar-refractivity contribution in [3.05, 3.63) is 131 Å². The van der Waals surface area contributed by atoms with E-state index >= 15 is 0 Å². The van der Waals surface area contributed by atoms with Gasteiger partial charge in [0.2, 0.25) is 11.1 Å². The van der Waals surface area contributed by atoms with Crippen LogP contribution in [0.1, 0.15) is 29.7 Å². The van der Waals surface area contributed by atoms with E-state index in [1.54, 1.807) is 10.8 Å². The molecule has 3 heterocycles. The highest BCUT2D eigenvalue weighted by atomic mass is 35.5. The molecule has 5 aromatic rings. The number of nitrogens with one attached hydrogen (secondary N) is 1. The number of rotatable bonds is 9. The van der Waals surface area contributed by atoms with Crippen molar-refractivity contribution in [2.75, 3.05) is 11.9 Å². The first-order valence-electron chi connectivity index (χ1n) is 13.2. The molecule has 3 aromatic carbocycles. The predicted molar refractivity (Wildman–Crippen MR) is 164 cm³/mol. The van der Waals surface area contributed by atoms with Crippen LogP contribution in [0.4, 0.5) is 5.95 Å². The monoisotopic (exact) mass is 581 g/mol. The molecule has 9 heteroatoms. The number of allylic oxidation sites excluding steroid dienone is 1. The van der Waals surface area contributed by atoms with E-state index in [4.69, 9.17) is 26.4 Å². The van der Waals surface area contributed by atoms with Crippen LogP contribution in [0.15, 0.2) is 114 Å². The quantitative estimate of drug-likeness (QED) is 0.112. The number of esters is 1. The van der Waals surface area contributed by atoms with Crippen LogP contribution >= 0.6 is 23.4 Å². The van der Waals surface area contributed by atoms with Crippen molar-refractivity contribution in [3.63, 3.8) is 0 Å². The minimum atomic E-state index is -0.548. The molecule has 1 aliphatic heterocycles. The number of benzene rings is 3. The lowest BCUT2D eigenvalue weighted by molar-refractivity contribution is -0.138. The SMILES string of the molecule is C=CCOC(=O)C1=C(C)Nc2nc(SCc3ccccc3Cl)nn2C1c1cn(Cc2ccccc2)c2ccccc12. The maximum absolute atomic E-state index is 13.5. The van der Waals surface area contributed by atoms with Crippen LogP contribution < -0.4 is 5.32 Å². The average Bonchev–Trinajstić information content (AvgIpc) is 3.56. The van der Waals surface area contributed by atoms with Crippen molar-refractivity contribution in [1.29, 1.82) is 0 Å². The Morgan fingerprint density at radius 1 is 1.10 bits per heavy atom. The molecule has 0 bridgehead atoms. The number of hydrogen-bond acceptors (Lipinski definition) is 6. The fraction of sp³-hybridized carbons (Fsp3) is 0.156. The summed E-state index contributed by atoms with van der Waals surface area (Å²) in [6.45, 7) is 6.37. The van der Waals surface area contributed by atoms with Crippen LogP contribution in [0.3, 0.4) is 0 Å². The Kier molecular flexibility index (Phi) is 7.67. The number of carbonyl (C=O) groups is 1. The maximum atomic E-state index is 13.5. The van der Waals surface area contributed by atoms with Crippen LogP contribution in [0.5, 0.6) is 0 Å². The van der Waals surface area contributed by atoms with Crippen molar-refractivity contribution in [2.24, 2.45) is 0 Å². The number of fused-ring (bicyclic) bond motifs is 2. The second kappa shape index (κ2) is 11.7. The van der Waals surface area contributed by atoms with E-state index in [9.17, 15) is 4.79 Å². The number of nitrogens with zero attached hydrogens (tertiary/aromatic N) is 4. The molecule has 0 amide bonds. The number of halogens is 1.